The van der Waals surface area contributed by atoms with Gasteiger partial charge in [0.2, 0.25) is 5.95 Å². The van der Waals surface area contributed by atoms with Crippen LogP contribution < -0.4 is 0 Å². The van der Waals surface area contributed by atoms with Crippen molar-refractivity contribution < 1.29 is 0 Å². The minimum atomic E-state index is 0.653. The molecule has 0 unspecified atom stereocenters. The van der Waals surface area contributed by atoms with Gasteiger partial charge in [-0.2, -0.15) is 0 Å². The first kappa shape index (κ1) is 24.6. The third kappa shape index (κ3) is 3.71. The molecular weight excluding hydrogens is 536 g/mol. The molecule has 0 aliphatic heterocycles. The van der Waals surface area contributed by atoms with Crippen LogP contribution in [0.5, 0.6) is 0 Å². The van der Waals surface area contributed by atoms with Gasteiger partial charge in [0.25, 0.3) is 0 Å². The molecule has 0 N–H and O–H groups in total. The van der Waals surface area contributed by atoms with Gasteiger partial charge in [0.15, 0.2) is 0 Å². The van der Waals surface area contributed by atoms with Crippen molar-refractivity contribution in [2.24, 2.45) is 0 Å². The first-order valence-corrected chi connectivity index (χ1v) is 14.9. The molecule has 3 aromatic heterocycles. The Kier molecular flexibility index (Phi) is 5.47. The summed E-state index contributed by atoms with van der Waals surface area (Å²) < 4.78 is 4.64. The van der Waals surface area contributed by atoms with E-state index in [1.165, 1.54) is 27.1 Å². The van der Waals surface area contributed by atoms with Crippen molar-refractivity contribution in [3.63, 3.8) is 0 Å². The Morgan fingerprint density at radius 2 is 0.909 bits per heavy atom. The lowest BCUT2D eigenvalue weighted by Crippen LogP contribution is -2.04. The van der Waals surface area contributed by atoms with Crippen molar-refractivity contribution in [3.05, 3.63) is 158 Å². The van der Waals surface area contributed by atoms with E-state index in [9.17, 15) is 0 Å². The number of benzene rings is 6. The van der Waals surface area contributed by atoms with Crippen molar-refractivity contribution in [2.75, 3.05) is 0 Å². The second-order valence-corrected chi connectivity index (χ2v) is 11.1. The van der Waals surface area contributed by atoms with E-state index in [1.807, 2.05) is 12.1 Å². The Balaban J connectivity index is 1.46. The molecule has 0 fully saturated rings. The maximum Gasteiger partial charge on any atom is 0.235 e. The fourth-order valence-electron chi connectivity index (χ4n) is 6.62. The summed E-state index contributed by atoms with van der Waals surface area (Å²) in [5.74, 6) is 0.653. The van der Waals surface area contributed by atoms with Gasteiger partial charge in [0, 0.05) is 38.4 Å². The van der Waals surface area contributed by atoms with E-state index in [-0.39, 0.29) is 0 Å². The number of hydrogen-bond acceptors (Lipinski definition) is 2. The predicted octanol–water partition coefficient (Wildman–Crippen LogP) is 10.0. The van der Waals surface area contributed by atoms with Crippen LogP contribution in [0.2, 0.25) is 0 Å². The molecule has 0 radical (unpaired) electrons. The average Bonchev–Trinajstić information content (AvgIpc) is 3.62. The highest BCUT2D eigenvalue weighted by Gasteiger charge is 2.22. The summed E-state index contributed by atoms with van der Waals surface area (Å²) in [5.41, 5.74) is 9.53. The number of nitrogens with zero attached hydrogens (tertiary/aromatic N) is 4. The molecule has 0 saturated carbocycles. The molecule has 0 atom stereocenters. The summed E-state index contributed by atoms with van der Waals surface area (Å²) in [4.78, 5) is 10.5. The maximum absolute atomic E-state index is 5.27. The summed E-state index contributed by atoms with van der Waals surface area (Å²) in [7, 11) is 0. The number of para-hydroxylation sites is 3. The first-order chi connectivity index (χ1) is 21.8. The van der Waals surface area contributed by atoms with Crippen LogP contribution in [0.15, 0.2) is 158 Å². The summed E-state index contributed by atoms with van der Waals surface area (Å²) in [6.07, 6.45) is 0. The molecule has 0 amide bonds. The Morgan fingerprint density at radius 3 is 1.55 bits per heavy atom. The van der Waals surface area contributed by atoms with E-state index in [0.29, 0.717) is 5.95 Å². The highest BCUT2D eigenvalue weighted by atomic mass is 15.2. The van der Waals surface area contributed by atoms with Crippen LogP contribution in [0.3, 0.4) is 0 Å². The maximum atomic E-state index is 5.27. The van der Waals surface area contributed by atoms with Crippen LogP contribution in [0.1, 0.15) is 0 Å². The van der Waals surface area contributed by atoms with Crippen molar-refractivity contribution in [3.8, 4) is 34.2 Å². The molecule has 0 saturated heterocycles. The molecule has 0 bridgehead atoms. The minimum absolute atomic E-state index is 0.653. The predicted molar refractivity (Wildman–Crippen MR) is 182 cm³/mol. The largest absolute Gasteiger partial charge is 0.309 e. The van der Waals surface area contributed by atoms with Crippen LogP contribution in [0.4, 0.5) is 0 Å². The summed E-state index contributed by atoms with van der Waals surface area (Å²) in [5, 5.41) is 4.74. The minimum Gasteiger partial charge on any atom is -0.309 e. The van der Waals surface area contributed by atoms with Gasteiger partial charge in [-0.25, -0.2) is 9.97 Å². The van der Waals surface area contributed by atoms with Crippen LogP contribution >= 0.6 is 0 Å². The molecule has 3 heterocycles. The third-order valence-electron chi connectivity index (χ3n) is 8.54. The number of aromatic nitrogens is 4. The van der Waals surface area contributed by atoms with Crippen LogP contribution in [-0.4, -0.2) is 19.1 Å². The molecule has 44 heavy (non-hydrogen) atoms. The van der Waals surface area contributed by atoms with E-state index in [0.717, 1.165) is 44.8 Å². The van der Waals surface area contributed by atoms with E-state index in [4.69, 9.17) is 9.97 Å². The molecule has 206 valence electrons. The molecule has 0 aliphatic carbocycles. The Bertz CT molecular complexity index is 2420. The smallest absolute Gasteiger partial charge is 0.235 e. The van der Waals surface area contributed by atoms with Gasteiger partial charge in [0.1, 0.15) is 0 Å². The summed E-state index contributed by atoms with van der Waals surface area (Å²) >= 11 is 0. The van der Waals surface area contributed by atoms with Gasteiger partial charge in [-0.15, -0.1) is 0 Å². The first-order valence-electron chi connectivity index (χ1n) is 14.9. The Labute approximate surface area is 254 Å². The van der Waals surface area contributed by atoms with Gasteiger partial charge in [-0.3, -0.25) is 4.57 Å². The monoisotopic (exact) mass is 562 g/mol. The zero-order valence-electron chi connectivity index (χ0n) is 23.8. The summed E-state index contributed by atoms with van der Waals surface area (Å²) in [6.45, 7) is 0. The fraction of sp³-hybridized carbons (Fsp3) is 0. The fourth-order valence-corrected chi connectivity index (χ4v) is 6.62. The van der Waals surface area contributed by atoms with E-state index in [2.05, 4.69) is 155 Å². The van der Waals surface area contributed by atoms with Gasteiger partial charge in [-0.05, 0) is 36.4 Å². The second-order valence-electron chi connectivity index (χ2n) is 11.1. The molecule has 0 spiro atoms. The highest BCUT2D eigenvalue weighted by Crippen LogP contribution is 2.41. The lowest BCUT2D eigenvalue weighted by Gasteiger charge is -2.12. The van der Waals surface area contributed by atoms with E-state index in [1.54, 1.807) is 0 Å². The quantitative estimate of drug-likeness (QED) is 0.214. The molecule has 4 nitrogen and oxygen atoms in total. The summed E-state index contributed by atoms with van der Waals surface area (Å²) in [6, 6.07) is 55.2. The standard InChI is InChI=1S/C40H26N4/c1-4-14-27(15-5-1)33-26-34(28-16-6-2-7-17-28)42-40(41-33)44-35-22-12-10-20-30(35)31-24-25-37-38(39(31)44)32-21-11-13-23-36(32)43(37)29-18-8-3-9-19-29/h1-26H. The number of hydrogen-bond donors (Lipinski definition) is 0. The number of rotatable bonds is 4. The van der Waals surface area contributed by atoms with Gasteiger partial charge in [0.05, 0.1) is 33.5 Å². The molecular formula is C40H26N4. The Hall–Kier alpha value is -6.00. The zero-order valence-corrected chi connectivity index (χ0v) is 23.8. The topological polar surface area (TPSA) is 35.6 Å². The lowest BCUT2D eigenvalue weighted by atomic mass is 10.1. The lowest BCUT2D eigenvalue weighted by molar-refractivity contribution is 0.998. The van der Waals surface area contributed by atoms with Gasteiger partial charge < -0.3 is 4.57 Å². The van der Waals surface area contributed by atoms with Crippen molar-refractivity contribution in [2.45, 2.75) is 0 Å². The van der Waals surface area contributed by atoms with Crippen LogP contribution in [0.25, 0.3) is 77.8 Å². The van der Waals surface area contributed by atoms with Crippen LogP contribution in [-0.2, 0) is 0 Å². The Morgan fingerprint density at radius 1 is 0.386 bits per heavy atom. The van der Waals surface area contributed by atoms with E-state index >= 15 is 0 Å². The van der Waals surface area contributed by atoms with Gasteiger partial charge >= 0.3 is 0 Å². The van der Waals surface area contributed by atoms with E-state index < -0.39 is 0 Å². The third-order valence-corrected chi connectivity index (χ3v) is 8.54. The number of fused-ring (bicyclic) bond motifs is 7. The molecule has 6 aromatic carbocycles. The molecule has 9 aromatic rings. The molecule has 9 rings (SSSR count). The molecule has 0 aliphatic rings. The SMILES string of the molecule is c1ccc(-c2cc(-c3ccccc3)nc(-n3c4ccccc4c4ccc5c(c6ccccc6n5-c5ccccc5)c43)n2)cc1. The van der Waals surface area contributed by atoms with Crippen molar-refractivity contribution in [1.82, 2.24) is 19.1 Å². The average molecular weight is 563 g/mol. The normalized spacial score (nSPS) is 11.6. The van der Waals surface area contributed by atoms with Crippen LogP contribution in [0, 0.1) is 0 Å². The van der Waals surface area contributed by atoms with Gasteiger partial charge in [-0.1, -0.05) is 121 Å². The molecule has 4 heteroatoms. The van der Waals surface area contributed by atoms with Crippen molar-refractivity contribution in [1.29, 1.82) is 0 Å². The van der Waals surface area contributed by atoms with Crippen molar-refractivity contribution >= 4 is 43.6 Å². The highest BCUT2D eigenvalue weighted by molar-refractivity contribution is 6.26. The zero-order chi connectivity index (χ0) is 29.0. The second kappa shape index (κ2) is 9.79.